The van der Waals surface area contributed by atoms with E-state index in [9.17, 15) is 0 Å². The molecule has 0 saturated carbocycles. The lowest BCUT2D eigenvalue weighted by Crippen LogP contribution is -1.95. The van der Waals surface area contributed by atoms with E-state index < -0.39 is 0 Å². The highest BCUT2D eigenvalue weighted by molar-refractivity contribution is 5.15. The first-order valence-corrected chi connectivity index (χ1v) is 4.69. The monoisotopic (exact) mass is 167 g/mol. The van der Waals surface area contributed by atoms with Crippen LogP contribution in [-0.2, 0) is 0 Å². The predicted molar refractivity (Wildman–Crippen MR) is 50.4 cm³/mol. The lowest BCUT2D eigenvalue weighted by atomic mass is 10.2. The van der Waals surface area contributed by atoms with Gasteiger partial charge in [-0.1, -0.05) is 26.2 Å². The van der Waals surface area contributed by atoms with Crippen LogP contribution in [0.3, 0.4) is 0 Å². The van der Waals surface area contributed by atoms with Gasteiger partial charge in [-0.15, -0.1) is 0 Å². The fourth-order valence-corrected chi connectivity index (χ4v) is 1.12. The maximum absolute atomic E-state index is 5.46. The Balaban J connectivity index is 1.96. The van der Waals surface area contributed by atoms with Crippen LogP contribution in [0.4, 0.5) is 0 Å². The molecule has 0 spiro atoms. The molecule has 0 unspecified atom stereocenters. The highest BCUT2D eigenvalue weighted by Gasteiger charge is 1.91. The lowest BCUT2D eigenvalue weighted by molar-refractivity contribution is 0.305. The van der Waals surface area contributed by atoms with Crippen LogP contribution in [0.25, 0.3) is 0 Å². The Morgan fingerprint density at radius 1 is 1.33 bits per heavy atom. The summed E-state index contributed by atoms with van der Waals surface area (Å²) in [7, 11) is 0. The number of aromatic amines is 1. The molecule has 2 heteroatoms. The molecule has 0 aliphatic rings. The van der Waals surface area contributed by atoms with Gasteiger partial charge in [0.05, 0.1) is 6.61 Å². The highest BCUT2D eigenvalue weighted by atomic mass is 16.5. The summed E-state index contributed by atoms with van der Waals surface area (Å²) in [5, 5.41) is 0. The molecule has 0 aliphatic heterocycles. The molecule has 0 amide bonds. The second-order valence-corrected chi connectivity index (χ2v) is 2.96. The summed E-state index contributed by atoms with van der Waals surface area (Å²) in [4.78, 5) is 2.96. The minimum absolute atomic E-state index is 0.845. The van der Waals surface area contributed by atoms with Gasteiger partial charge in [-0.2, -0.15) is 0 Å². The Kier molecular flexibility index (Phi) is 4.35. The standard InChI is InChI=1S/C10H17NO/c1-2-3-4-5-8-12-10-6-7-11-9-10/h6-7,9,11H,2-5,8H2,1H3. The van der Waals surface area contributed by atoms with Crippen molar-refractivity contribution in [2.45, 2.75) is 32.6 Å². The van der Waals surface area contributed by atoms with Gasteiger partial charge in [-0.25, -0.2) is 0 Å². The Labute approximate surface area is 73.9 Å². The number of nitrogens with one attached hydrogen (secondary N) is 1. The third kappa shape index (κ3) is 3.46. The van der Waals surface area contributed by atoms with Crippen LogP contribution in [0.1, 0.15) is 32.6 Å². The van der Waals surface area contributed by atoms with E-state index in [-0.39, 0.29) is 0 Å². The second-order valence-electron chi connectivity index (χ2n) is 2.96. The normalized spacial score (nSPS) is 10.1. The van der Waals surface area contributed by atoms with Crippen molar-refractivity contribution in [1.82, 2.24) is 4.98 Å². The van der Waals surface area contributed by atoms with Gasteiger partial charge < -0.3 is 9.72 Å². The Bertz CT molecular complexity index is 182. The molecule has 0 fully saturated rings. The molecule has 1 N–H and O–H groups in total. The largest absolute Gasteiger partial charge is 0.492 e. The van der Waals surface area contributed by atoms with Crippen LogP contribution >= 0.6 is 0 Å². The maximum atomic E-state index is 5.46. The number of hydrogen-bond donors (Lipinski definition) is 1. The first-order chi connectivity index (χ1) is 5.93. The molecule has 0 atom stereocenters. The molecule has 1 aromatic heterocycles. The number of ether oxygens (including phenoxy) is 1. The van der Waals surface area contributed by atoms with Gasteiger partial charge in [0, 0.05) is 12.4 Å². The third-order valence-electron chi connectivity index (χ3n) is 1.84. The van der Waals surface area contributed by atoms with Crippen molar-refractivity contribution in [2.24, 2.45) is 0 Å². The first kappa shape index (κ1) is 9.17. The molecule has 0 aliphatic carbocycles. The van der Waals surface area contributed by atoms with E-state index in [2.05, 4.69) is 11.9 Å². The molecule has 0 aromatic carbocycles. The first-order valence-electron chi connectivity index (χ1n) is 4.69. The van der Waals surface area contributed by atoms with E-state index in [0.717, 1.165) is 12.4 Å². The Morgan fingerprint density at radius 2 is 2.25 bits per heavy atom. The minimum atomic E-state index is 0.845. The van der Waals surface area contributed by atoms with E-state index in [4.69, 9.17) is 4.74 Å². The molecule has 1 heterocycles. The molecule has 1 aromatic rings. The number of aromatic nitrogens is 1. The molecule has 0 saturated heterocycles. The molecule has 12 heavy (non-hydrogen) atoms. The van der Waals surface area contributed by atoms with Crippen LogP contribution < -0.4 is 4.74 Å². The van der Waals surface area contributed by atoms with Crippen molar-refractivity contribution in [1.29, 1.82) is 0 Å². The van der Waals surface area contributed by atoms with E-state index in [1.165, 1.54) is 25.7 Å². The SMILES string of the molecule is CCCCCCOc1cc[nH]c1. The molecule has 1 rings (SSSR count). The summed E-state index contributed by atoms with van der Waals surface area (Å²) in [6.07, 6.45) is 8.79. The number of unbranched alkanes of at least 4 members (excludes halogenated alkanes) is 3. The van der Waals surface area contributed by atoms with Crippen molar-refractivity contribution < 1.29 is 4.74 Å². The Hall–Kier alpha value is -0.920. The summed E-state index contributed by atoms with van der Waals surface area (Å²) in [6, 6.07) is 1.94. The summed E-state index contributed by atoms with van der Waals surface area (Å²) in [5.41, 5.74) is 0. The van der Waals surface area contributed by atoms with Crippen LogP contribution in [0.2, 0.25) is 0 Å². The van der Waals surface area contributed by atoms with Crippen LogP contribution in [0, 0.1) is 0 Å². The van der Waals surface area contributed by atoms with E-state index >= 15 is 0 Å². The topological polar surface area (TPSA) is 25.0 Å². The fourth-order valence-electron chi connectivity index (χ4n) is 1.12. The maximum Gasteiger partial charge on any atom is 0.136 e. The number of rotatable bonds is 6. The quantitative estimate of drug-likeness (QED) is 0.647. The van der Waals surface area contributed by atoms with Crippen molar-refractivity contribution in [2.75, 3.05) is 6.61 Å². The zero-order valence-electron chi connectivity index (χ0n) is 7.68. The third-order valence-corrected chi connectivity index (χ3v) is 1.84. The summed E-state index contributed by atoms with van der Waals surface area (Å²) in [6.45, 7) is 3.06. The van der Waals surface area contributed by atoms with E-state index in [0.29, 0.717) is 0 Å². The predicted octanol–water partition coefficient (Wildman–Crippen LogP) is 2.97. The summed E-state index contributed by atoms with van der Waals surface area (Å²) in [5.74, 6) is 0.950. The van der Waals surface area contributed by atoms with Gasteiger partial charge in [-0.05, 0) is 12.5 Å². The van der Waals surface area contributed by atoms with Gasteiger partial charge in [0.1, 0.15) is 5.75 Å². The minimum Gasteiger partial charge on any atom is -0.492 e. The number of H-pyrrole nitrogens is 1. The molecule has 0 bridgehead atoms. The van der Waals surface area contributed by atoms with E-state index in [1.54, 1.807) is 0 Å². The summed E-state index contributed by atoms with van der Waals surface area (Å²) >= 11 is 0. The van der Waals surface area contributed by atoms with Gasteiger partial charge in [-0.3, -0.25) is 0 Å². The van der Waals surface area contributed by atoms with Gasteiger partial charge in [0.2, 0.25) is 0 Å². The second kappa shape index (κ2) is 5.70. The van der Waals surface area contributed by atoms with Gasteiger partial charge >= 0.3 is 0 Å². The Morgan fingerprint density at radius 3 is 2.92 bits per heavy atom. The van der Waals surface area contributed by atoms with Crippen molar-refractivity contribution in [3.8, 4) is 5.75 Å². The molecule has 68 valence electrons. The number of hydrogen-bond acceptors (Lipinski definition) is 1. The molecule has 0 radical (unpaired) electrons. The highest BCUT2D eigenvalue weighted by Crippen LogP contribution is 2.08. The van der Waals surface area contributed by atoms with Crippen molar-refractivity contribution in [3.63, 3.8) is 0 Å². The van der Waals surface area contributed by atoms with Crippen LogP contribution in [0.15, 0.2) is 18.5 Å². The average molecular weight is 167 g/mol. The molecular weight excluding hydrogens is 150 g/mol. The van der Waals surface area contributed by atoms with Crippen molar-refractivity contribution >= 4 is 0 Å². The summed E-state index contributed by atoms with van der Waals surface area (Å²) < 4.78 is 5.46. The molecular formula is C10H17NO. The van der Waals surface area contributed by atoms with Crippen LogP contribution in [0.5, 0.6) is 5.75 Å². The molecule has 2 nitrogen and oxygen atoms in total. The van der Waals surface area contributed by atoms with Crippen LogP contribution in [-0.4, -0.2) is 11.6 Å². The lowest BCUT2D eigenvalue weighted by Gasteiger charge is -2.01. The smallest absolute Gasteiger partial charge is 0.136 e. The van der Waals surface area contributed by atoms with Crippen molar-refractivity contribution in [3.05, 3.63) is 18.5 Å². The van der Waals surface area contributed by atoms with E-state index in [1.807, 2.05) is 18.5 Å². The average Bonchev–Trinajstić information content (AvgIpc) is 2.57. The van der Waals surface area contributed by atoms with Gasteiger partial charge in [0.15, 0.2) is 0 Å². The zero-order chi connectivity index (χ0) is 8.65. The van der Waals surface area contributed by atoms with Gasteiger partial charge in [0.25, 0.3) is 0 Å². The fraction of sp³-hybridized carbons (Fsp3) is 0.600. The zero-order valence-corrected chi connectivity index (χ0v) is 7.68.